The minimum atomic E-state index is -4.50. The molecule has 0 aliphatic carbocycles. The standard InChI is InChI=1S/C8H6Cl2F3N/c9-3-4-1-5(14)2-6(10)7(4)8(11,12)13/h1-2H,3,14H2. The van der Waals surface area contributed by atoms with E-state index in [1.165, 1.54) is 6.07 Å². The first-order valence-corrected chi connectivity index (χ1v) is 4.48. The monoisotopic (exact) mass is 243 g/mol. The molecule has 0 heterocycles. The van der Waals surface area contributed by atoms with Crippen LogP contribution in [0.5, 0.6) is 0 Å². The lowest BCUT2D eigenvalue weighted by atomic mass is 10.1. The molecule has 2 N–H and O–H groups in total. The van der Waals surface area contributed by atoms with Gasteiger partial charge in [0.25, 0.3) is 0 Å². The summed E-state index contributed by atoms with van der Waals surface area (Å²) < 4.78 is 37.3. The number of nitrogens with two attached hydrogens (primary N) is 1. The molecule has 0 fully saturated rings. The van der Waals surface area contributed by atoms with Gasteiger partial charge in [-0.25, -0.2) is 0 Å². The van der Waals surface area contributed by atoms with Crippen molar-refractivity contribution in [1.82, 2.24) is 0 Å². The summed E-state index contributed by atoms with van der Waals surface area (Å²) in [4.78, 5) is 0. The Labute approximate surface area is 88.6 Å². The molecule has 0 saturated heterocycles. The van der Waals surface area contributed by atoms with Gasteiger partial charge in [-0.15, -0.1) is 11.6 Å². The Kier molecular flexibility index (Phi) is 3.17. The fourth-order valence-electron chi connectivity index (χ4n) is 1.11. The second-order valence-corrected chi connectivity index (χ2v) is 3.34. The highest BCUT2D eigenvalue weighted by molar-refractivity contribution is 6.32. The van der Waals surface area contributed by atoms with Crippen molar-refractivity contribution in [3.8, 4) is 0 Å². The summed E-state index contributed by atoms with van der Waals surface area (Å²) in [5.41, 5.74) is 4.48. The Morgan fingerprint density at radius 1 is 1.29 bits per heavy atom. The maximum atomic E-state index is 12.4. The third kappa shape index (κ3) is 2.25. The van der Waals surface area contributed by atoms with Crippen LogP contribution in [0.25, 0.3) is 0 Å². The zero-order chi connectivity index (χ0) is 10.9. The van der Waals surface area contributed by atoms with Crippen molar-refractivity contribution >= 4 is 28.9 Å². The number of hydrogen-bond acceptors (Lipinski definition) is 1. The minimum absolute atomic E-state index is 0.107. The van der Waals surface area contributed by atoms with Crippen molar-refractivity contribution in [2.45, 2.75) is 12.1 Å². The van der Waals surface area contributed by atoms with E-state index in [1.807, 2.05) is 0 Å². The van der Waals surface area contributed by atoms with Crippen molar-refractivity contribution in [2.75, 3.05) is 5.73 Å². The Morgan fingerprint density at radius 2 is 1.86 bits per heavy atom. The molecule has 1 rings (SSSR count). The number of alkyl halides is 4. The van der Waals surface area contributed by atoms with Gasteiger partial charge in [-0.05, 0) is 17.7 Å². The molecule has 6 heteroatoms. The normalized spacial score (nSPS) is 11.8. The van der Waals surface area contributed by atoms with Crippen LogP contribution >= 0.6 is 23.2 Å². The van der Waals surface area contributed by atoms with Crippen LogP contribution in [0, 0.1) is 0 Å². The van der Waals surface area contributed by atoms with Gasteiger partial charge in [-0.1, -0.05) is 11.6 Å². The van der Waals surface area contributed by atoms with Crippen LogP contribution in [0.1, 0.15) is 11.1 Å². The Hall–Kier alpha value is -0.610. The maximum absolute atomic E-state index is 12.4. The van der Waals surface area contributed by atoms with Crippen molar-refractivity contribution in [2.24, 2.45) is 0 Å². The van der Waals surface area contributed by atoms with Crippen molar-refractivity contribution in [1.29, 1.82) is 0 Å². The average Bonchev–Trinajstić information content (AvgIpc) is 1.99. The molecule has 0 aliphatic rings. The van der Waals surface area contributed by atoms with Gasteiger partial charge in [0.1, 0.15) is 0 Å². The quantitative estimate of drug-likeness (QED) is 0.591. The van der Waals surface area contributed by atoms with Gasteiger partial charge in [-0.2, -0.15) is 13.2 Å². The maximum Gasteiger partial charge on any atom is 0.418 e. The molecule has 0 unspecified atom stereocenters. The summed E-state index contributed by atoms with van der Waals surface area (Å²) in [7, 11) is 0. The SMILES string of the molecule is Nc1cc(Cl)c(C(F)(F)F)c(CCl)c1. The Morgan fingerprint density at radius 3 is 2.29 bits per heavy atom. The Bertz CT molecular complexity index is 349. The van der Waals surface area contributed by atoms with Crippen molar-refractivity contribution in [3.05, 3.63) is 28.3 Å². The van der Waals surface area contributed by atoms with Crippen LogP contribution in [0.4, 0.5) is 18.9 Å². The number of benzene rings is 1. The summed E-state index contributed by atoms with van der Waals surface area (Å²) >= 11 is 10.8. The summed E-state index contributed by atoms with van der Waals surface area (Å²) in [6.45, 7) is 0. The lowest BCUT2D eigenvalue weighted by Crippen LogP contribution is -2.10. The number of halogens is 5. The minimum Gasteiger partial charge on any atom is -0.399 e. The van der Waals surface area contributed by atoms with E-state index in [-0.39, 0.29) is 17.1 Å². The van der Waals surface area contributed by atoms with Gasteiger partial charge in [-0.3, -0.25) is 0 Å². The smallest absolute Gasteiger partial charge is 0.399 e. The summed E-state index contributed by atoms with van der Waals surface area (Å²) in [5, 5.41) is -0.423. The molecule has 0 saturated carbocycles. The topological polar surface area (TPSA) is 26.0 Å². The largest absolute Gasteiger partial charge is 0.418 e. The molecule has 0 radical (unpaired) electrons. The van der Waals surface area contributed by atoms with E-state index < -0.39 is 16.8 Å². The van der Waals surface area contributed by atoms with E-state index in [0.717, 1.165) is 6.07 Å². The van der Waals surface area contributed by atoms with E-state index in [1.54, 1.807) is 0 Å². The predicted octanol–water partition coefficient (Wildman–Crippen LogP) is 3.68. The van der Waals surface area contributed by atoms with Gasteiger partial charge < -0.3 is 5.73 Å². The first-order chi connectivity index (χ1) is 6.36. The Balaban J connectivity index is 3.40. The van der Waals surface area contributed by atoms with E-state index in [4.69, 9.17) is 28.9 Å². The molecule has 0 amide bonds. The predicted molar refractivity (Wildman–Crippen MR) is 50.4 cm³/mol. The van der Waals surface area contributed by atoms with Gasteiger partial charge in [0.05, 0.1) is 10.6 Å². The second kappa shape index (κ2) is 3.87. The fourth-order valence-corrected chi connectivity index (χ4v) is 1.68. The van der Waals surface area contributed by atoms with Gasteiger partial charge in [0, 0.05) is 11.6 Å². The van der Waals surface area contributed by atoms with E-state index in [9.17, 15) is 13.2 Å². The number of anilines is 1. The third-order valence-corrected chi connectivity index (χ3v) is 2.21. The van der Waals surface area contributed by atoms with Crippen molar-refractivity contribution < 1.29 is 13.2 Å². The molecule has 78 valence electrons. The van der Waals surface area contributed by atoms with Crippen molar-refractivity contribution in [3.63, 3.8) is 0 Å². The molecule has 1 aromatic carbocycles. The van der Waals surface area contributed by atoms with Crippen LogP contribution in [0.15, 0.2) is 12.1 Å². The lowest BCUT2D eigenvalue weighted by molar-refractivity contribution is -0.138. The van der Waals surface area contributed by atoms with E-state index in [2.05, 4.69) is 0 Å². The van der Waals surface area contributed by atoms with Crippen LogP contribution in [0.2, 0.25) is 5.02 Å². The fraction of sp³-hybridized carbons (Fsp3) is 0.250. The average molecular weight is 244 g/mol. The molecule has 1 aromatic rings. The first-order valence-electron chi connectivity index (χ1n) is 3.57. The summed E-state index contributed by atoms with van der Waals surface area (Å²) in [6.07, 6.45) is -4.50. The number of rotatable bonds is 1. The zero-order valence-corrected chi connectivity index (χ0v) is 8.34. The van der Waals surface area contributed by atoms with Crippen LogP contribution < -0.4 is 5.73 Å². The second-order valence-electron chi connectivity index (χ2n) is 2.67. The molecule has 14 heavy (non-hydrogen) atoms. The zero-order valence-electron chi connectivity index (χ0n) is 6.83. The van der Waals surface area contributed by atoms with Gasteiger partial charge in [0.2, 0.25) is 0 Å². The van der Waals surface area contributed by atoms with Gasteiger partial charge in [0.15, 0.2) is 0 Å². The van der Waals surface area contributed by atoms with E-state index >= 15 is 0 Å². The molecular weight excluding hydrogens is 238 g/mol. The molecule has 0 bridgehead atoms. The van der Waals surface area contributed by atoms with Crippen LogP contribution in [0.3, 0.4) is 0 Å². The summed E-state index contributed by atoms with van der Waals surface area (Å²) in [6, 6.07) is 2.22. The molecule has 0 aromatic heterocycles. The van der Waals surface area contributed by atoms with Gasteiger partial charge >= 0.3 is 6.18 Å². The number of hydrogen-bond donors (Lipinski definition) is 1. The highest BCUT2D eigenvalue weighted by Gasteiger charge is 2.35. The van der Waals surface area contributed by atoms with E-state index in [0.29, 0.717) is 0 Å². The third-order valence-electron chi connectivity index (χ3n) is 1.62. The first kappa shape index (κ1) is 11.5. The molecule has 0 aliphatic heterocycles. The molecule has 0 spiro atoms. The van der Waals surface area contributed by atoms with Crippen LogP contribution in [-0.4, -0.2) is 0 Å². The van der Waals surface area contributed by atoms with Crippen LogP contribution in [-0.2, 0) is 12.1 Å². The lowest BCUT2D eigenvalue weighted by Gasteiger charge is -2.13. The molecule has 1 nitrogen and oxygen atoms in total. The number of nitrogen functional groups attached to an aromatic ring is 1. The highest BCUT2D eigenvalue weighted by atomic mass is 35.5. The molecule has 0 atom stereocenters. The molecular formula is C8H6Cl2F3N. The highest BCUT2D eigenvalue weighted by Crippen LogP contribution is 2.38. The summed E-state index contributed by atoms with van der Waals surface area (Å²) in [5.74, 6) is -0.278.